The van der Waals surface area contributed by atoms with E-state index in [4.69, 9.17) is 5.11 Å². The number of hydrogen-bond donors (Lipinski definition) is 1. The number of nitrogens with zero attached hydrogens (tertiary/aromatic N) is 1. The Kier molecular flexibility index (Phi) is 2.74. The van der Waals surface area contributed by atoms with E-state index in [2.05, 4.69) is 9.99 Å². The van der Waals surface area contributed by atoms with Crippen LogP contribution in [-0.2, 0) is 9.63 Å². The summed E-state index contributed by atoms with van der Waals surface area (Å²) >= 11 is 0. The number of carbonyl (C=O) groups is 1. The molecular weight excluding hydrogens is 239 g/mol. The molecule has 0 radical (unpaired) electrons. The van der Waals surface area contributed by atoms with Crippen LogP contribution in [0.3, 0.4) is 0 Å². The van der Waals surface area contributed by atoms with Crippen LogP contribution in [-0.4, -0.2) is 22.9 Å². The van der Waals surface area contributed by atoms with Crippen molar-refractivity contribution in [3.05, 3.63) is 35.1 Å². The largest absolute Gasteiger partial charge is 0.478 e. The van der Waals surface area contributed by atoms with Crippen LogP contribution in [0.4, 0.5) is 13.2 Å². The maximum Gasteiger partial charge on any atom is 0.348 e. The highest BCUT2D eigenvalue weighted by Gasteiger charge is 2.30. The zero-order valence-corrected chi connectivity index (χ0v) is 8.28. The molecule has 90 valence electrons. The topological polar surface area (TPSA) is 58.9 Å². The molecule has 0 aromatic heterocycles. The molecule has 2 rings (SSSR count). The average molecular weight is 245 g/mol. The molecule has 1 aromatic rings. The molecule has 0 aliphatic carbocycles. The number of halogens is 3. The van der Waals surface area contributed by atoms with E-state index < -0.39 is 29.5 Å². The Labute approximate surface area is 93.3 Å². The van der Waals surface area contributed by atoms with E-state index in [-0.39, 0.29) is 17.7 Å². The normalized spacial score (nSPS) is 18.8. The highest BCUT2D eigenvalue weighted by atomic mass is 19.2. The van der Waals surface area contributed by atoms with E-state index in [0.29, 0.717) is 12.1 Å². The van der Waals surface area contributed by atoms with Gasteiger partial charge in [-0.3, -0.25) is 0 Å². The molecule has 1 unspecified atom stereocenters. The minimum Gasteiger partial charge on any atom is -0.478 e. The lowest BCUT2D eigenvalue weighted by Gasteiger charge is -2.02. The second-order valence-corrected chi connectivity index (χ2v) is 3.42. The fourth-order valence-electron chi connectivity index (χ4n) is 1.41. The molecule has 0 bridgehead atoms. The number of hydrogen-bond acceptors (Lipinski definition) is 3. The molecule has 1 heterocycles. The van der Waals surface area contributed by atoms with Gasteiger partial charge >= 0.3 is 5.97 Å². The van der Waals surface area contributed by atoms with Gasteiger partial charge in [-0.05, 0) is 6.07 Å². The smallest absolute Gasteiger partial charge is 0.348 e. The molecular formula is C10H6F3NO3. The first-order chi connectivity index (χ1) is 7.99. The molecule has 0 saturated heterocycles. The summed E-state index contributed by atoms with van der Waals surface area (Å²) in [4.78, 5) is 15.1. The van der Waals surface area contributed by atoms with Crippen molar-refractivity contribution in [3.63, 3.8) is 0 Å². The summed E-state index contributed by atoms with van der Waals surface area (Å²) in [6.45, 7) is 0. The lowest BCUT2D eigenvalue weighted by atomic mass is 10.0. The molecule has 1 aliphatic rings. The van der Waals surface area contributed by atoms with Gasteiger partial charge in [0.1, 0.15) is 5.82 Å². The fourth-order valence-corrected chi connectivity index (χ4v) is 1.41. The molecule has 0 amide bonds. The van der Waals surface area contributed by atoms with E-state index >= 15 is 0 Å². The third kappa shape index (κ3) is 2.08. The predicted molar refractivity (Wildman–Crippen MR) is 50.0 cm³/mol. The van der Waals surface area contributed by atoms with Crippen molar-refractivity contribution in [2.24, 2.45) is 5.16 Å². The van der Waals surface area contributed by atoms with Crippen LogP contribution in [0.15, 0.2) is 17.3 Å². The maximum atomic E-state index is 13.3. The Balaban J connectivity index is 2.31. The van der Waals surface area contributed by atoms with Gasteiger partial charge in [0.15, 0.2) is 11.6 Å². The molecule has 0 saturated carbocycles. The lowest BCUT2D eigenvalue weighted by Crippen LogP contribution is -2.20. The molecule has 1 N–H and O–H groups in total. The third-order valence-corrected chi connectivity index (χ3v) is 2.27. The Morgan fingerprint density at radius 3 is 2.53 bits per heavy atom. The van der Waals surface area contributed by atoms with Crippen molar-refractivity contribution in [1.82, 2.24) is 0 Å². The maximum absolute atomic E-state index is 13.3. The van der Waals surface area contributed by atoms with E-state index in [1.165, 1.54) is 0 Å². The second-order valence-electron chi connectivity index (χ2n) is 3.42. The predicted octanol–water partition coefficient (Wildman–Crippen LogP) is 1.68. The zero-order valence-electron chi connectivity index (χ0n) is 8.28. The molecule has 1 aliphatic heterocycles. The Morgan fingerprint density at radius 1 is 1.29 bits per heavy atom. The summed E-state index contributed by atoms with van der Waals surface area (Å²) in [6.07, 6.45) is -1.42. The molecule has 1 aromatic carbocycles. The molecule has 7 heteroatoms. The van der Waals surface area contributed by atoms with Gasteiger partial charge in [-0.25, -0.2) is 18.0 Å². The quantitative estimate of drug-likeness (QED) is 0.806. The second kappa shape index (κ2) is 4.08. The van der Waals surface area contributed by atoms with Crippen LogP contribution >= 0.6 is 0 Å². The number of aliphatic carboxylic acids is 1. The van der Waals surface area contributed by atoms with Gasteiger partial charge in [-0.2, -0.15) is 0 Å². The summed E-state index contributed by atoms with van der Waals surface area (Å²) in [5, 5.41) is 12.0. The van der Waals surface area contributed by atoms with Crippen molar-refractivity contribution in [1.29, 1.82) is 0 Å². The highest BCUT2D eigenvalue weighted by molar-refractivity contribution is 6.03. The summed E-state index contributed by atoms with van der Waals surface area (Å²) in [6, 6.07) is 0.998. The summed E-state index contributed by atoms with van der Waals surface area (Å²) < 4.78 is 38.9. The van der Waals surface area contributed by atoms with Crippen molar-refractivity contribution in [2.45, 2.75) is 12.5 Å². The van der Waals surface area contributed by atoms with Crippen LogP contribution < -0.4 is 0 Å². The first-order valence-electron chi connectivity index (χ1n) is 4.59. The Bertz CT molecular complexity index is 516. The number of carboxylic acids is 1. The standard InChI is InChI=1S/C10H6F3NO3/c11-5-2-7(13)6(12)1-4(5)8-3-9(10(15)16)17-14-8/h1-2,9H,3H2,(H,15,16). The highest BCUT2D eigenvalue weighted by Crippen LogP contribution is 2.21. The molecule has 17 heavy (non-hydrogen) atoms. The van der Waals surface area contributed by atoms with E-state index in [1.807, 2.05) is 0 Å². The van der Waals surface area contributed by atoms with Gasteiger partial charge in [-0.1, -0.05) is 5.16 Å². The van der Waals surface area contributed by atoms with Gasteiger partial charge in [0.25, 0.3) is 0 Å². The van der Waals surface area contributed by atoms with Gasteiger partial charge in [-0.15, -0.1) is 0 Å². The Morgan fingerprint density at radius 2 is 1.94 bits per heavy atom. The zero-order chi connectivity index (χ0) is 12.6. The first-order valence-corrected chi connectivity index (χ1v) is 4.59. The van der Waals surface area contributed by atoms with Gasteiger partial charge < -0.3 is 9.94 Å². The SMILES string of the molecule is O=C(O)C1CC(c2cc(F)c(F)cc2F)=NO1. The average Bonchev–Trinajstić information content (AvgIpc) is 2.72. The molecule has 1 atom stereocenters. The van der Waals surface area contributed by atoms with E-state index in [0.717, 1.165) is 0 Å². The van der Waals surface area contributed by atoms with Gasteiger partial charge in [0, 0.05) is 18.1 Å². The number of carboxylic acid groups (broad SMARTS) is 1. The summed E-state index contributed by atoms with van der Waals surface area (Å²) in [7, 11) is 0. The number of rotatable bonds is 2. The van der Waals surface area contributed by atoms with Crippen molar-refractivity contribution >= 4 is 11.7 Å². The fraction of sp³-hybridized carbons (Fsp3) is 0.200. The van der Waals surface area contributed by atoms with E-state index in [1.54, 1.807) is 0 Å². The van der Waals surface area contributed by atoms with Crippen molar-refractivity contribution in [2.75, 3.05) is 0 Å². The lowest BCUT2D eigenvalue weighted by molar-refractivity contribution is -0.148. The van der Waals surface area contributed by atoms with Crippen LogP contribution in [0, 0.1) is 17.5 Å². The first kappa shape index (κ1) is 11.4. The summed E-state index contributed by atoms with van der Waals surface area (Å²) in [5.74, 6) is -4.83. The number of oxime groups is 1. The minimum atomic E-state index is -1.32. The van der Waals surface area contributed by atoms with Gasteiger partial charge in [0.2, 0.25) is 6.10 Å². The number of benzene rings is 1. The van der Waals surface area contributed by atoms with Crippen LogP contribution in [0.1, 0.15) is 12.0 Å². The van der Waals surface area contributed by atoms with Crippen LogP contribution in [0.2, 0.25) is 0 Å². The third-order valence-electron chi connectivity index (χ3n) is 2.27. The van der Waals surface area contributed by atoms with Crippen LogP contribution in [0.25, 0.3) is 0 Å². The van der Waals surface area contributed by atoms with Crippen molar-refractivity contribution in [3.8, 4) is 0 Å². The van der Waals surface area contributed by atoms with E-state index in [9.17, 15) is 18.0 Å². The minimum absolute atomic E-state index is 0.0613. The Hall–Kier alpha value is -2.05. The molecule has 0 fully saturated rings. The monoisotopic (exact) mass is 245 g/mol. The van der Waals surface area contributed by atoms with Gasteiger partial charge in [0.05, 0.1) is 5.71 Å². The van der Waals surface area contributed by atoms with Crippen LogP contribution in [0.5, 0.6) is 0 Å². The summed E-state index contributed by atoms with van der Waals surface area (Å²) in [5.41, 5.74) is -0.360. The van der Waals surface area contributed by atoms with Crippen molar-refractivity contribution < 1.29 is 27.9 Å². The molecule has 4 nitrogen and oxygen atoms in total. The molecule has 0 spiro atoms.